The van der Waals surface area contributed by atoms with Crippen LogP contribution >= 0.6 is 0 Å². The van der Waals surface area contributed by atoms with E-state index in [-0.39, 0.29) is 30.3 Å². The number of anilines is 2. The zero-order chi connectivity index (χ0) is 24.2. The van der Waals surface area contributed by atoms with Crippen molar-refractivity contribution in [1.29, 1.82) is 0 Å². The topological polar surface area (TPSA) is 82.2 Å². The first-order chi connectivity index (χ1) is 17.1. The number of ether oxygens (including phenoxy) is 1. The van der Waals surface area contributed by atoms with Crippen LogP contribution in [0.2, 0.25) is 0 Å². The second kappa shape index (κ2) is 10.4. The number of nitrogens with zero attached hydrogens (tertiary/aromatic N) is 3. The molecule has 3 heterocycles. The molecule has 0 bridgehead atoms. The van der Waals surface area contributed by atoms with Gasteiger partial charge in [-0.25, -0.2) is 4.79 Å². The lowest BCUT2D eigenvalue weighted by molar-refractivity contribution is -0.139. The summed E-state index contributed by atoms with van der Waals surface area (Å²) in [5, 5.41) is 2.91. The summed E-state index contributed by atoms with van der Waals surface area (Å²) in [6.45, 7) is 2.74. The summed E-state index contributed by atoms with van der Waals surface area (Å²) in [4.78, 5) is 44.8. The molecular weight excluding hydrogens is 444 g/mol. The first-order valence-electron chi connectivity index (χ1n) is 12.6. The highest BCUT2D eigenvalue weighted by Gasteiger charge is 2.39. The molecule has 2 aromatic rings. The SMILES string of the molecule is O=C(Nc1ccccc1)N1CCC(C(=O)N2CC(C(=O)N3CCCCC3)Oc3ccccc32)CC1. The van der Waals surface area contributed by atoms with Crippen molar-refractivity contribution in [2.24, 2.45) is 5.92 Å². The van der Waals surface area contributed by atoms with Crippen molar-refractivity contribution in [3.8, 4) is 5.75 Å². The second-order valence-electron chi connectivity index (χ2n) is 9.47. The minimum absolute atomic E-state index is 0.000289. The number of rotatable bonds is 3. The van der Waals surface area contributed by atoms with E-state index in [4.69, 9.17) is 4.74 Å². The highest BCUT2D eigenvalue weighted by molar-refractivity contribution is 5.99. The van der Waals surface area contributed by atoms with Crippen molar-refractivity contribution < 1.29 is 19.1 Å². The van der Waals surface area contributed by atoms with Crippen molar-refractivity contribution in [3.05, 3.63) is 54.6 Å². The number of para-hydroxylation sites is 3. The average molecular weight is 477 g/mol. The lowest BCUT2D eigenvalue weighted by Crippen LogP contribution is -2.54. The Kier molecular flexibility index (Phi) is 6.88. The monoisotopic (exact) mass is 476 g/mol. The van der Waals surface area contributed by atoms with Crippen LogP contribution in [-0.2, 0) is 9.59 Å². The molecule has 0 radical (unpaired) electrons. The Labute approximate surface area is 205 Å². The Hall–Kier alpha value is -3.55. The number of piperidine rings is 2. The highest BCUT2D eigenvalue weighted by atomic mass is 16.5. The van der Waals surface area contributed by atoms with Gasteiger partial charge in [-0.15, -0.1) is 0 Å². The van der Waals surface area contributed by atoms with E-state index < -0.39 is 6.10 Å². The summed E-state index contributed by atoms with van der Waals surface area (Å²) in [6.07, 6.45) is 3.65. The molecule has 184 valence electrons. The summed E-state index contributed by atoms with van der Waals surface area (Å²) in [6, 6.07) is 16.7. The van der Waals surface area contributed by atoms with Crippen LogP contribution in [0.15, 0.2) is 54.6 Å². The van der Waals surface area contributed by atoms with Crippen LogP contribution in [-0.4, -0.2) is 66.5 Å². The van der Waals surface area contributed by atoms with Gasteiger partial charge in [-0.2, -0.15) is 0 Å². The quantitative estimate of drug-likeness (QED) is 0.732. The third kappa shape index (κ3) is 5.11. The molecule has 0 aliphatic carbocycles. The van der Waals surface area contributed by atoms with Crippen LogP contribution < -0.4 is 15.0 Å². The Morgan fingerprint density at radius 1 is 0.771 bits per heavy atom. The van der Waals surface area contributed by atoms with Crippen LogP contribution in [0.3, 0.4) is 0 Å². The summed E-state index contributed by atoms with van der Waals surface area (Å²) >= 11 is 0. The van der Waals surface area contributed by atoms with E-state index in [9.17, 15) is 14.4 Å². The Balaban J connectivity index is 1.24. The number of carbonyl (C=O) groups is 3. The normalized spacial score (nSPS) is 20.6. The van der Waals surface area contributed by atoms with Gasteiger partial charge in [-0.3, -0.25) is 9.59 Å². The van der Waals surface area contributed by atoms with Gasteiger partial charge in [-0.05, 0) is 56.4 Å². The highest BCUT2D eigenvalue weighted by Crippen LogP contribution is 2.36. The summed E-state index contributed by atoms with van der Waals surface area (Å²) < 4.78 is 6.07. The maximum atomic E-state index is 13.7. The van der Waals surface area contributed by atoms with Crippen LogP contribution in [0.4, 0.5) is 16.2 Å². The molecule has 0 spiro atoms. The number of likely N-dealkylation sites (tertiary alicyclic amines) is 2. The largest absolute Gasteiger partial charge is 0.476 e. The summed E-state index contributed by atoms with van der Waals surface area (Å²) in [7, 11) is 0. The number of nitrogens with one attached hydrogen (secondary N) is 1. The van der Waals surface area contributed by atoms with Crippen molar-refractivity contribution in [3.63, 3.8) is 0 Å². The van der Waals surface area contributed by atoms with Crippen LogP contribution in [0.25, 0.3) is 0 Å². The van der Waals surface area contributed by atoms with Gasteiger partial charge in [0.2, 0.25) is 5.91 Å². The maximum absolute atomic E-state index is 13.7. The van der Waals surface area contributed by atoms with E-state index in [1.807, 2.05) is 59.5 Å². The van der Waals surface area contributed by atoms with Gasteiger partial charge in [0, 0.05) is 37.8 Å². The van der Waals surface area contributed by atoms with Gasteiger partial charge in [0.05, 0.1) is 12.2 Å². The van der Waals surface area contributed by atoms with Crippen LogP contribution in [0, 0.1) is 5.92 Å². The molecule has 1 N–H and O–H groups in total. The predicted octanol–water partition coefficient (Wildman–Crippen LogP) is 3.74. The molecule has 2 saturated heterocycles. The lowest BCUT2D eigenvalue weighted by Gasteiger charge is -2.39. The van der Waals surface area contributed by atoms with Crippen LogP contribution in [0.5, 0.6) is 5.75 Å². The molecule has 8 nitrogen and oxygen atoms in total. The maximum Gasteiger partial charge on any atom is 0.321 e. The van der Waals surface area contributed by atoms with E-state index in [0.717, 1.165) is 38.0 Å². The fourth-order valence-electron chi connectivity index (χ4n) is 5.16. The molecule has 8 heteroatoms. The molecule has 0 saturated carbocycles. The standard InChI is InChI=1S/C27H32N4O4/c32-25(20-13-17-30(18-14-20)27(34)28-21-9-3-1-4-10-21)31-19-24(26(33)29-15-7-2-8-16-29)35-23-12-6-5-11-22(23)31/h1,3-6,9-12,20,24H,2,7-8,13-19H2,(H,28,34). The Morgan fingerprint density at radius 3 is 2.20 bits per heavy atom. The predicted molar refractivity (Wildman–Crippen MR) is 133 cm³/mol. The molecule has 2 aromatic carbocycles. The molecule has 0 aromatic heterocycles. The van der Waals surface area contributed by atoms with Gasteiger partial charge >= 0.3 is 6.03 Å². The van der Waals surface area contributed by atoms with E-state index in [1.165, 1.54) is 0 Å². The minimum Gasteiger partial charge on any atom is -0.476 e. The molecular formula is C27H32N4O4. The number of urea groups is 1. The Morgan fingerprint density at radius 2 is 1.46 bits per heavy atom. The molecule has 5 rings (SSSR count). The molecule has 1 atom stereocenters. The first-order valence-corrected chi connectivity index (χ1v) is 12.6. The van der Waals surface area contributed by atoms with Crippen LogP contribution in [0.1, 0.15) is 32.1 Å². The number of hydrogen-bond acceptors (Lipinski definition) is 4. The third-order valence-corrected chi connectivity index (χ3v) is 7.14. The number of hydrogen-bond donors (Lipinski definition) is 1. The Bertz CT molecular complexity index is 1060. The van der Waals surface area contributed by atoms with Gasteiger partial charge in [0.15, 0.2) is 6.10 Å². The lowest BCUT2D eigenvalue weighted by atomic mass is 9.94. The summed E-state index contributed by atoms with van der Waals surface area (Å²) in [5.41, 5.74) is 1.47. The van der Waals surface area contributed by atoms with E-state index in [2.05, 4.69) is 5.32 Å². The number of fused-ring (bicyclic) bond motifs is 1. The zero-order valence-electron chi connectivity index (χ0n) is 19.9. The zero-order valence-corrected chi connectivity index (χ0v) is 19.9. The number of benzene rings is 2. The smallest absolute Gasteiger partial charge is 0.321 e. The van der Waals surface area contributed by atoms with Crippen molar-refractivity contribution in [1.82, 2.24) is 9.80 Å². The van der Waals surface area contributed by atoms with Gasteiger partial charge in [0.25, 0.3) is 5.91 Å². The van der Waals surface area contributed by atoms with Gasteiger partial charge < -0.3 is 24.8 Å². The summed E-state index contributed by atoms with van der Waals surface area (Å²) in [5.74, 6) is 0.333. The second-order valence-corrected chi connectivity index (χ2v) is 9.47. The van der Waals surface area contributed by atoms with Gasteiger partial charge in [-0.1, -0.05) is 30.3 Å². The van der Waals surface area contributed by atoms with Crippen molar-refractivity contribution in [2.45, 2.75) is 38.2 Å². The third-order valence-electron chi connectivity index (χ3n) is 7.14. The molecule has 35 heavy (non-hydrogen) atoms. The first kappa shape index (κ1) is 23.2. The molecule has 3 aliphatic heterocycles. The molecule has 4 amide bonds. The minimum atomic E-state index is -0.691. The van der Waals surface area contributed by atoms with Crippen molar-refractivity contribution >= 4 is 29.2 Å². The van der Waals surface area contributed by atoms with E-state index in [0.29, 0.717) is 37.4 Å². The fourth-order valence-corrected chi connectivity index (χ4v) is 5.16. The molecule has 3 aliphatic rings. The fraction of sp³-hybridized carbons (Fsp3) is 0.444. The van der Waals surface area contributed by atoms with Gasteiger partial charge in [0.1, 0.15) is 5.75 Å². The number of carbonyl (C=O) groups excluding carboxylic acids is 3. The molecule has 1 unspecified atom stereocenters. The average Bonchev–Trinajstić information content (AvgIpc) is 2.92. The van der Waals surface area contributed by atoms with E-state index >= 15 is 0 Å². The number of amides is 4. The van der Waals surface area contributed by atoms with Crippen molar-refractivity contribution in [2.75, 3.05) is 42.9 Å². The molecule has 2 fully saturated rings. The van der Waals surface area contributed by atoms with E-state index in [1.54, 1.807) is 9.80 Å².